The Morgan fingerprint density at radius 1 is 1.06 bits per heavy atom. The van der Waals surface area contributed by atoms with E-state index in [0.29, 0.717) is 6.42 Å². The van der Waals surface area contributed by atoms with Crippen LogP contribution in [-0.4, -0.2) is 36.2 Å². The predicted octanol–water partition coefficient (Wildman–Crippen LogP) is 0.904. The average Bonchev–Trinajstić information content (AvgIpc) is 2.27. The first-order valence-electron chi connectivity index (χ1n) is 5.23. The molecule has 6 heteroatoms. The van der Waals surface area contributed by atoms with Gasteiger partial charge in [-0.05, 0) is 6.42 Å². The quantitative estimate of drug-likeness (QED) is 0.368. The van der Waals surface area contributed by atoms with Gasteiger partial charge in [0.1, 0.15) is 0 Å². The minimum Gasteiger partial charge on any atom is -0.481 e. The van der Waals surface area contributed by atoms with E-state index in [2.05, 4.69) is 11.3 Å². The predicted molar refractivity (Wildman–Crippen MR) is 58.2 cm³/mol. The van der Waals surface area contributed by atoms with Gasteiger partial charge in [-0.3, -0.25) is 9.59 Å². The first-order chi connectivity index (χ1) is 8.06. The maximum atomic E-state index is 11.0. The van der Waals surface area contributed by atoms with Gasteiger partial charge in [0, 0.05) is 25.3 Å². The molecule has 0 aliphatic carbocycles. The van der Waals surface area contributed by atoms with Crippen LogP contribution in [0.25, 0.3) is 0 Å². The van der Waals surface area contributed by atoms with Crippen LogP contribution in [0.5, 0.6) is 0 Å². The number of rotatable bonds is 9. The monoisotopic (exact) mass is 244 g/mol. The summed E-state index contributed by atoms with van der Waals surface area (Å²) in [5.41, 5.74) is 0. The van der Waals surface area contributed by atoms with Crippen molar-refractivity contribution in [2.45, 2.75) is 25.7 Å². The molecular weight excluding hydrogens is 228 g/mol. The third kappa shape index (κ3) is 10.4. The highest BCUT2D eigenvalue weighted by molar-refractivity contribution is 5.81. The number of carboxylic acids is 1. The molecule has 0 heterocycles. The average molecular weight is 244 g/mol. The van der Waals surface area contributed by atoms with Gasteiger partial charge in [0.25, 0.3) is 0 Å². The van der Waals surface area contributed by atoms with Crippen molar-refractivity contribution in [3.05, 3.63) is 12.7 Å². The molecule has 0 saturated carbocycles. The molecule has 0 amide bonds. The number of carboxylic acid groups (broad SMARTS) is 1. The molecule has 0 saturated heterocycles. The van der Waals surface area contributed by atoms with Gasteiger partial charge in [-0.2, -0.15) is 0 Å². The summed E-state index contributed by atoms with van der Waals surface area (Å²) in [6.07, 6.45) is 1.76. The summed E-state index contributed by atoms with van der Waals surface area (Å²) in [5.74, 6) is -1.90. The lowest BCUT2D eigenvalue weighted by Crippen LogP contribution is -2.10. The van der Waals surface area contributed by atoms with Gasteiger partial charge in [0.05, 0.1) is 13.2 Å². The third-order valence-electron chi connectivity index (χ3n) is 1.73. The fourth-order valence-corrected chi connectivity index (χ4v) is 0.933. The molecular formula is C11H16O6. The van der Waals surface area contributed by atoms with E-state index in [9.17, 15) is 14.4 Å². The molecule has 0 bridgehead atoms. The summed E-state index contributed by atoms with van der Waals surface area (Å²) in [7, 11) is 0. The van der Waals surface area contributed by atoms with Crippen molar-refractivity contribution in [2.24, 2.45) is 0 Å². The number of aliphatic carboxylic acids is 1. The fourth-order valence-electron chi connectivity index (χ4n) is 0.933. The Balaban J connectivity index is 3.36. The molecule has 0 rings (SSSR count). The van der Waals surface area contributed by atoms with Crippen molar-refractivity contribution in [3.8, 4) is 0 Å². The van der Waals surface area contributed by atoms with Crippen LogP contribution >= 0.6 is 0 Å². The highest BCUT2D eigenvalue weighted by Gasteiger charge is 2.05. The van der Waals surface area contributed by atoms with Gasteiger partial charge in [-0.25, -0.2) is 4.79 Å². The second-order valence-electron chi connectivity index (χ2n) is 3.19. The van der Waals surface area contributed by atoms with Crippen LogP contribution in [0.4, 0.5) is 0 Å². The molecule has 0 fully saturated rings. The molecule has 1 N–H and O–H groups in total. The summed E-state index contributed by atoms with van der Waals surface area (Å²) in [6.45, 7) is 3.54. The molecule has 96 valence electrons. The zero-order chi connectivity index (χ0) is 13.1. The van der Waals surface area contributed by atoms with Crippen LogP contribution in [0.3, 0.4) is 0 Å². The first kappa shape index (κ1) is 15.2. The second-order valence-corrected chi connectivity index (χ2v) is 3.19. The van der Waals surface area contributed by atoms with E-state index in [4.69, 9.17) is 9.84 Å². The number of esters is 2. The number of ether oxygens (including phenoxy) is 2. The topological polar surface area (TPSA) is 89.9 Å². The molecule has 0 atom stereocenters. The number of hydrogen-bond donors (Lipinski definition) is 1. The molecule has 0 spiro atoms. The Kier molecular flexibility index (Phi) is 8.36. The molecule has 0 aromatic rings. The smallest absolute Gasteiger partial charge is 0.330 e. The molecule has 0 unspecified atom stereocenters. The fraction of sp³-hybridized carbons (Fsp3) is 0.545. The van der Waals surface area contributed by atoms with E-state index in [0.717, 1.165) is 6.08 Å². The van der Waals surface area contributed by atoms with Gasteiger partial charge >= 0.3 is 17.9 Å². The van der Waals surface area contributed by atoms with Crippen molar-refractivity contribution in [1.29, 1.82) is 0 Å². The third-order valence-corrected chi connectivity index (χ3v) is 1.73. The summed E-state index contributed by atoms with van der Waals surface area (Å²) < 4.78 is 9.45. The van der Waals surface area contributed by atoms with Gasteiger partial charge in [-0.1, -0.05) is 6.58 Å². The summed E-state index contributed by atoms with van der Waals surface area (Å²) in [5, 5.41) is 8.34. The van der Waals surface area contributed by atoms with Gasteiger partial charge in [-0.15, -0.1) is 0 Å². The zero-order valence-electron chi connectivity index (χ0n) is 9.52. The van der Waals surface area contributed by atoms with Crippen molar-refractivity contribution < 1.29 is 29.0 Å². The standard InChI is InChI=1S/C11H16O6/c1-2-10(14)16-7-4-8-17-11(15)6-3-5-9(12)13/h2H,1,3-8H2,(H,12,13). The normalized spacial score (nSPS) is 9.41. The van der Waals surface area contributed by atoms with Crippen LogP contribution in [0.1, 0.15) is 25.7 Å². The molecule has 17 heavy (non-hydrogen) atoms. The van der Waals surface area contributed by atoms with Crippen molar-refractivity contribution in [3.63, 3.8) is 0 Å². The van der Waals surface area contributed by atoms with E-state index < -0.39 is 17.9 Å². The summed E-state index contributed by atoms with van der Waals surface area (Å²) >= 11 is 0. The highest BCUT2D eigenvalue weighted by atomic mass is 16.5. The number of hydrogen-bond acceptors (Lipinski definition) is 5. The summed E-state index contributed by atoms with van der Waals surface area (Å²) in [4.78, 5) is 31.8. The molecule has 0 aliphatic heterocycles. The highest BCUT2D eigenvalue weighted by Crippen LogP contribution is 1.98. The lowest BCUT2D eigenvalue weighted by Gasteiger charge is -2.04. The maximum absolute atomic E-state index is 11.0. The van der Waals surface area contributed by atoms with Gasteiger partial charge in [0.15, 0.2) is 0 Å². The van der Waals surface area contributed by atoms with Crippen LogP contribution in [0.2, 0.25) is 0 Å². The Hall–Kier alpha value is -1.85. The molecule has 0 radical (unpaired) electrons. The van der Waals surface area contributed by atoms with E-state index in [1.807, 2.05) is 0 Å². The van der Waals surface area contributed by atoms with E-state index >= 15 is 0 Å². The lowest BCUT2D eigenvalue weighted by atomic mass is 10.2. The minimum atomic E-state index is -0.936. The van der Waals surface area contributed by atoms with Gasteiger partial charge in [0.2, 0.25) is 0 Å². The maximum Gasteiger partial charge on any atom is 0.330 e. The zero-order valence-corrected chi connectivity index (χ0v) is 9.52. The Labute approximate surface area is 99.2 Å². The molecule has 0 aromatic carbocycles. The van der Waals surface area contributed by atoms with E-state index in [1.165, 1.54) is 0 Å². The van der Waals surface area contributed by atoms with Crippen LogP contribution in [0, 0.1) is 0 Å². The van der Waals surface area contributed by atoms with Gasteiger partial charge < -0.3 is 14.6 Å². The summed E-state index contributed by atoms with van der Waals surface area (Å²) in [6, 6.07) is 0. The van der Waals surface area contributed by atoms with Crippen LogP contribution in [-0.2, 0) is 23.9 Å². The van der Waals surface area contributed by atoms with Crippen LogP contribution < -0.4 is 0 Å². The van der Waals surface area contributed by atoms with Crippen molar-refractivity contribution >= 4 is 17.9 Å². The Morgan fingerprint density at radius 3 is 2.29 bits per heavy atom. The van der Waals surface area contributed by atoms with Crippen molar-refractivity contribution in [2.75, 3.05) is 13.2 Å². The molecule has 0 aliphatic rings. The number of carbonyl (C=O) groups is 3. The Bertz CT molecular complexity index is 284. The minimum absolute atomic E-state index is 0.0496. The first-order valence-corrected chi connectivity index (χ1v) is 5.23. The van der Waals surface area contributed by atoms with E-state index in [-0.39, 0.29) is 32.5 Å². The Morgan fingerprint density at radius 2 is 1.71 bits per heavy atom. The van der Waals surface area contributed by atoms with Crippen LogP contribution in [0.15, 0.2) is 12.7 Å². The number of carbonyl (C=O) groups excluding carboxylic acids is 2. The van der Waals surface area contributed by atoms with E-state index in [1.54, 1.807) is 0 Å². The second kappa shape index (κ2) is 9.38. The largest absolute Gasteiger partial charge is 0.481 e. The molecule has 0 aromatic heterocycles. The van der Waals surface area contributed by atoms with Crippen molar-refractivity contribution in [1.82, 2.24) is 0 Å². The SMILES string of the molecule is C=CC(=O)OCCCOC(=O)CCCC(=O)O. The molecule has 6 nitrogen and oxygen atoms in total. The lowest BCUT2D eigenvalue weighted by molar-refractivity contribution is -0.144.